The van der Waals surface area contributed by atoms with Crippen LogP contribution < -0.4 is 5.32 Å². The van der Waals surface area contributed by atoms with Crippen LogP contribution in [0.5, 0.6) is 0 Å². The highest BCUT2D eigenvalue weighted by Gasteiger charge is 2.50. The molecule has 1 aliphatic heterocycles. The summed E-state index contributed by atoms with van der Waals surface area (Å²) in [4.78, 5) is 4.92. The number of ether oxygens (including phenoxy) is 1. The molecular weight excluding hydrogens is 280 g/mol. The quantitative estimate of drug-likeness (QED) is 0.905. The van der Waals surface area contributed by atoms with E-state index in [9.17, 15) is 0 Å². The zero-order valence-corrected chi connectivity index (χ0v) is 14.6. The lowest BCUT2D eigenvalue weighted by Crippen LogP contribution is -2.42. The second kappa shape index (κ2) is 5.64. The summed E-state index contributed by atoms with van der Waals surface area (Å²) in [5, 5.41) is 6.94. The zero-order valence-electron chi connectivity index (χ0n) is 13.7. The van der Waals surface area contributed by atoms with E-state index >= 15 is 0 Å². The molecule has 118 valence electrons. The third kappa shape index (κ3) is 3.17. The summed E-state index contributed by atoms with van der Waals surface area (Å²) >= 11 is 1.83. The largest absolute Gasteiger partial charge is 0.377 e. The highest BCUT2D eigenvalue weighted by Crippen LogP contribution is 2.49. The molecule has 1 saturated carbocycles. The average Bonchev–Trinajstić information content (AvgIpc) is 2.98. The molecule has 0 bridgehead atoms. The summed E-state index contributed by atoms with van der Waals surface area (Å²) in [6.07, 6.45) is 5.37. The molecule has 1 aromatic rings. The Labute approximate surface area is 132 Å². The van der Waals surface area contributed by atoms with Gasteiger partial charge < -0.3 is 10.1 Å². The van der Waals surface area contributed by atoms with E-state index in [0.717, 1.165) is 25.5 Å². The Morgan fingerprint density at radius 3 is 2.76 bits per heavy atom. The van der Waals surface area contributed by atoms with Gasteiger partial charge in [0.25, 0.3) is 0 Å². The van der Waals surface area contributed by atoms with Crippen molar-refractivity contribution in [3.05, 3.63) is 16.1 Å². The lowest BCUT2D eigenvalue weighted by molar-refractivity contribution is 0.0314. The van der Waals surface area contributed by atoms with Crippen molar-refractivity contribution in [1.29, 1.82) is 0 Å². The number of nitrogens with zero attached hydrogens (tertiary/aromatic N) is 1. The molecule has 2 unspecified atom stereocenters. The Hall–Kier alpha value is -0.450. The molecule has 0 amide bonds. The zero-order chi connectivity index (χ0) is 15.1. The van der Waals surface area contributed by atoms with E-state index in [4.69, 9.17) is 9.72 Å². The van der Waals surface area contributed by atoms with Gasteiger partial charge >= 0.3 is 0 Å². The van der Waals surface area contributed by atoms with Crippen molar-refractivity contribution >= 4 is 11.3 Å². The SMILES string of the molecule is CNCC1(Cc2nc(C(C)(C)C)cs2)CCOC1C1CC1. The van der Waals surface area contributed by atoms with Crippen LogP contribution in [0, 0.1) is 11.3 Å². The maximum absolute atomic E-state index is 6.13. The van der Waals surface area contributed by atoms with Crippen LogP contribution >= 0.6 is 11.3 Å². The number of nitrogens with one attached hydrogen (secondary N) is 1. The Kier molecular flexibility index (Phi) is 4.15. The van der Waals surface area contributed by atoms with E-state index in [1.165, 1.54) is 30.0 Å². The molecule has 2 fully saturated rings. The predicted molar refractivity (Wildman–Crippen MR) is 88.0 cm³/mol. The van der Waals surface area contributed by atoms with Crippen molar-refractivity contribution in [1.82, 2.24) is 10.3 Å². The van der Waals surface area contributed by atoms with Crippen LogP contribution in [0.25, 0.3) is 0 Å². The first kappa shape index (κ1) is 15.4. The normalized spacial score (nSPS) is 30.0. The summed E-state index contributed by atoms with van der Waals surface area (Å²) < 4.78 is 6.13. The van der Waals surface area contributed by atoms with Gasteiger partial charge in [-0.3, -0.25) is 0 Å². The minimum Gasteiger partial charge on any atom is -0.377 e. The van der Waals surface area contributed by atoms with E-state index in [2.05, 4.69) is 38.5 Å². The standard InChI is InChI=1S/C17H28N2OS/c1-16(2,3)13-10-21-14(19-13)9-17(11-18-4)7-8-20-15(17)12-5-6-12/h10,12,15,18H,5-9,11H2,1-4H3. The highest BCUT2D eigenvalue weighted by molar-refractivity contribution is 7.09. The van der Waals surface area contributed by atoms with E-state index < -0.39 is 0 Å². The maximum Gasteiger partial charge on any atom is 0.0935 e. The van der Waals surface area contributed by atoms with Gasteiger partial charge in [0.2, 0.25) is 0 Å². The molecule has 21 heavy (non-hydrogen) atoms. The molecule has 1 aliphatic carbocycles. The molecule has 3 rings (SSSR count). The molecule has 3 nitrogen and oxygen atoms in total. The van der Waals surface area contributed by atoms with E-state index in [0.29, 0.717) is 6.10 Å². The molecule has 0 radical (unpaired) electrons. The van der Waals surface area contributed by atoms with Gasteiger partial charge in [-0.1, -0.05) is 20.8 Å². The van der Waals surface area contributed by atoms with Gasteiger partial charge in [-0.05, 0) is 32.2 Å². The fourth-order valence-electron chi connectivity index (χ4n) is 3.57. The van der Waals surface area contributed by atoms with Crippen molar-refractivity contribution in [2.75, 3.05) is 20.2 Å². The second-order valence-corrected chi connectivity index (χ2v) is 8.77. The van der Waals surface area contributed by atoms with Crippen LogP contribution in [0.2, 0.25) is 0 Å². The number of rotatable bonds is 5. The summed E-state index contributed by atoms with van der Waals surface area (Å²) in [5.41, 5.74) is 1.62. The Morgan fingerprint density at radius 1 is 1.43 bits per heavy atom. The minimum absolute atomic E-state index is 0.146. The summed E-state index contributed by atoms with van der Waals surface area (Å²) in [6, 6.07) is 0. The molecule has 2 heterocycles. The van der Waals surface area contributed by atoms with Crippen LogP contribution in [0.4, 0.5) is 0 Å². The third-order valence-corrected chi connectivity index (χ3v) is 5.75. The average molecular weight is 308 g/mol. The van der Waals surface area contributed by atoms with Crippen molar-refractivity contribution in [2.24, 2.45) is 11.3 Å². The second-order valence-electron chi connectivity index (χ2n) is 7.82. The molecule has 1 N–H and O–H groups in total. The van der Waals surface area contributed by atoms with Gasteiger partial charge in [-0.25, -0.2) is 4.98 Å². The van der Waals surface area contributed by atoms with Crippen molar-refractivity contribution in [3.8, 4) is 0 Å². The topological polar surface area (TPSA) is 34.2 Å². The van der Waals surface area contributed by atoms with Crippen LogP contribution in [0.3, 0.4) is 0 Å². The first-order valence-corrected chi connectivity index (χ1v) is 9.04. The Balaban J connectivity index is 1.80. The number of hydrogen-bond acceptors (Lipinski definition) is 4. The Morgan fingerprint density at radius 2 is 2.19 bits per heavy atom. The van der Waals surface area contributed by atoms with E-state index in [1.54, 1.807) is 0 Å². The fraction of sp³-hybridized carbons (Fsp3) is 0.824. The highest BCUT2D eigenvalue weighted by atomic mass is 32.1. The third-order valence-electron chi connectivity index (χ3n) is 4.90. The molecule has 1 aromatic heterocycles. The van der Waals surface area contributed by atoms with Gasteiger partial charge in [0, 0.05) is 35.8 Å². The molecule has 0 aromatic carbocycles. The Bertz CT molecular complexity index is 489. The molecular formula is C17H28N2OS. The first-order valence-electron chi connectivity index (χ1n) is 8.16. The molecule has 4 heteroatoms. The van der Waals surface area contributed by atoms with Gasteiger partial charge in [0.05, 0.1) is 16.8 Å². The number of aromatic nitrogens is 1. The summed E-state index contributed by atoms with van der Waals surface area (Å²) in [5.74, 6) is 0.794. The van der Waals surface area contributed by atoms with E-state index in [1.807, 2.05) is 11.3 Å². The molecule has 2 aliphatic rings. The van der Waals surface area contributed by atoms with Crippen molar-refractivity contribution in [3.63, 3.8) is 0 Å². The van der Waals surface area contributed by atoms with Gasteiger partial charge in [0.1, 0.15) is 0 Å². The van der Waals surface area contributed by atoms with Crippen molar-refractivity contribution in [2.45, 2.75) is 58.0 Å². The fourth-order valence-corrected chi connectivity index (χ4v) is 4.75. The van der Waals surface area contributed by atoms with Gasteiger partial charge in [-0.2, -0.15) is 0 Å². The van der Waals surface area contributed by atoms with Crippen molar-refractivity contribution < 1.29 is 4.74 Å². The van der Waals surface area contributed by atoms with Crippen LogP contribution in [-0.4, -0.2) is 31.3 Å². The first-order chi connectivity index (χ1) is 9.94. The molecule has 2 atom stereocenters. The molecule has 1 saturated heterocycles. The van der Waals surface area contributed by atoms with Crippen LogP contribution in [0.15, 0.2) is 5.38 Å². The monoisotopic (exact) mass is 308 g/mol. The number of thiazole rings is 1. The lowest BCUT2D eigenvalue weighted by atomic mass is 9.76. The van der Waals surface area contributed by atoms with Gasteiger partial charge in [0.15, 0.2) is 0 Å². The number of hydrogen-bond donors (Lipinski definition) is 1. The summed E-state index contributed by atoms with van der Waals surface area (Å²) in [6.45, 7) is 8.67. The smallest absolute Gasteiger partial charge is 0.0935 e. The van der Waals surface area contributed by atoms with Crippen LogP contribution in [-0.2, 0) is 16.6 Å². The maximum atomic E-state index is 6.13. The van der Waals surface area contributed by atoms with E-state index in [-0.39, 0.29) is 10.8 Å². The van der Waals surface area contributed by atoms with Gasteiger partial charge in [-0.15, -0.1) is 11.3 Å². The predicted octanol–water partition coefficient (Wildman–Crippen LogP) is 3.39. The lowest BCUT2D eigenvalue weighted by Gasteiger charge is -2.33. The summed E-state index contributed by atoms with van der Waals surface area (Å²) in [7, 11) is 2.06. The van der Waals surface area contributed by atoms with Crippen LogP contribution in [0.1, 0.15) is 50.7 Å². The minimum atomic E-state index is 0.146. The molecule has 0 spiro atoms.